The number of sulfonamides is 1. The second-order valence-electron chi connectivity index (χ2n) is 8.02. The number of nitrogens with zero attached hydrogens (tertiary/aromatic N) is 2. The molecule has 1 fully saturated rings. The van der Waals surface area contributed by atoms with Gasteiger partial charge in [-0.1, -0.05) is 6.07 Å². The molecular formula is C22H25F2N3O3S. The highest BCUT2D eigenvalue weighted by Crippen LogP contribution is 2.27. The van der Waals surface area contributed by atoms with E-state index in [0.29, 0.717) is 18.0 Å². The zero-order chi connectivity index (χ0) is 22.2. The van der Waals surface area contributed by atoms with Crippen molar-refractivity contribution in [1.82, 2.24) is 9.21 Å². The summed E-state index contributed by atoms with van der Waals surface area (Å²) >= 11 is 0. The number of carbonyl (C=O) groups is 1. The first-order chi connectivity index (χ1) is 14.8. The van der Waals surface area contributed by atoms with Crippen LogP contribution < -0.4 is 5.32 Å². The maximum atomic E-state index is 13.4. The number of hydrogen-bond acceptors (Lipinski definition) is 4. The third-order valence-electron chi connectivity index (χ3n) is 6.10. The first-order valence-electron chi connectivity index (χ1n) is 10.4. The van der Waals surface area contributed by atoms with Crippen molar-refractivity contribution in [2.75, 3.05) is 31.5 Å². The topological polar surface area (TPSA) is 69.7 Å². The quantitative estimate of drug-likeness (QED) is 0.762. The zero-order valence-electron chi connectivity index (χ0n) is 17.3. The summed E-state index contributed by atoms with van der Waals surface area (Å²) in [5.41, 5.74) is 2.51. The summed E-state index contributed by atoms with van der Waals surface area (Å²) in [6.07, 6.45) is 2.97. The average molecular weight is 450 g/mol. The van der Waals surface area contributed by atoms with Crippen LogP contribution in [0.2, 0.25) is 0 Å². The van der Waals surface area contributed by atoms with Crippen molar-refractivity contribution in [3.05, 3.63) is 59.2 Å². The molecule has 0 bridgehead atoms. The van der Waals surface area contributed by atoms with E-state index in [9.17, 15) is 22.0 Å². The summed E-state index contributed by atoms with van der Waals surface area (Å²) in [7, 11) is -3.58. The van der Waals surface area contributed by atoms with Gasteiger partial charge in [0.2, 0.25) is 15.9 Å². The van der Waals surface area contributed by atoms with E-state index in [0.717, 1.165) is 37.0 Å². The fraction of sp³-hybridized carbons (Fsp3) is 0.409. The summed E-state index contributed by atoms with van der Waals surface area (Å²) in [6, 6.07) is 8.03. The van der Waals surface area contributed by atoms with Crippen LogP contribution in [0.1, 0.15) is 24.5 Å². The molecule has 0 radical (unpaired) electrons. The molecule has 1 atom stereocenters. The van der Waals surface area contributed by atoms with E-state index >= 15 is 0 Å². The van der Waals surface area contributed by atoms with Gasteiger partial charge in [-0.05, 0) is 61.6 Å². The lowest BCUT2D eigenvalue weighted by molar-refractivity contribution is -0.121. The van der Waals surface area contributed by atoms with Crippen LogP contribution in [0.5, 0.6) is 0 Å². The van der Waals surface area contributed by atoms with E-state index in [1.165, 1.54) is 15.9 Å². The van der Waals surface area contributed by atoms with Gasteiger partial charge in [0.25, 0.3) is 0 Å². The minimum atomic E-state index is -3.58. The zero-order valence-corrected chi connectivity index (χ0v) is 18.1. The van der Waals surface area contributed by atoms with Crippen molar-refractivity contribution in [2.45, 2.75) is 37.1 Å². The number of anilines is 1. The minimum Gasteiger partial charge on any atom is -0.325 e. The SMILES string of the molecule is C[C@H](C(=O)Nc1ccc(F)c(F)c1)N1CCN(S(=O)(=O)c2ccc3c(c2)CCC3)CC1. The number of fused-ring (bicyclic) bond motifs is 1. The van der Waals surface area contributed by atoms with Gasteiger partial charge in [0.05, 0.1) is 10.9 Å². The van der Waals surface area contributed by atoms with Gasteiger partial charge < -0.3 is 5.32 Å². The standard InChI is InChI=1S/C22H25F2N3O3S/c1-15(22(28)25-18-6-8-20(23)21(24)14-18)26-9-11-27(12-10-26)31(29,30)19-7-5-16-3-2-4-17(16)13-19/h5-8,13-15H,2-4,9-12H2,1H3,(H,25,28)/t15-/m1/s1. The Kier molecular flexibility index (Phi) is 6.09. The predicted molar refractivity (Wildman–Crippen MR) is 113 cm³/mol. The second-order valence-corrected chi connectivity index (χ2v) is 9.96. The van der Waals surface area contributed by atoms with Gasteiger partial charge in [-0.15, -0.1) is 0 Å². The van der Waals surface area contributed by atoms with Gasteiger partial charge in [-0.2, -0.15) is 4.31 Å². The number of rotatable bonds is 5. The molecule has 1 heterocycles. The van der Waals surface area contributed by atoms with E-state index in [4.69, 9.17) is 0 Å². The van der Waals surface area contributed by atoms with Gasteiger partial charge in [0.1, 0.15) is 0 Å². The monoisotopic (exact) mass is 449 g/mol. The highest BCUT2D eigenvalue weighted by molar-refractivity contribution is 7.89. The third-order valence-corrected chi connectivity index (χ3v) is 7.99. The van der Waals surface area contributed by atoms with E-state index < -0.39 is 27.7 Å². The van der Waals surface area contributed by atoms with E-state index in [1.807, 2.05) is 11.0 Å². The molecule has 1 aliphatic heterocycles. The number of halogens is 2. The maximum absolute atomic E-state index is 13.4. The molecule has 1 N–H and O–H groups in total. The average Bonchev–Trinajstić information content (AvgIpc) is 3.24. The third kappa shape index (κ3) is 4.49. The van der Waals surface area contributed by atoms with Crippen molar-refractivity contribution in [1.29, 1.82) is 0 Å². The van der Waals surface area contributed by atoms with Crippen LogP contribution in [0, 0.1) is 11.6 Å². The van der Waals surface area contributed by atoms with Crippen LogP contribution >= 0.6 is 0 Å². The molecule has 1 saturated heterocycles. The molecule has 31 heavy (non-hydrogen) atoms. The summed E-state index contributed by atoms with van der Waals surface area (Å²) in [5, 5.41) is 2.58. The summed E-state index contributed by atoms with van der Waals surface area (Å²) < 4.78 is 54.0. The molecule has 4 rings (SSSR count). The Morgan fingerprint density at radius 3 is 2.39 bits per heavy atom. The Bertz CT molecular complexity index is 1100. The van der Waals surface area contributed by atoms with E-state index in [-0.39, 0.29) is 24.7 Å². The van der Waals surface area contributed by atoms with Crippen LogP contribution in [0.15, 0.2) is 41.3 Å². The number of benzene rings is 2. The first-order valence-corrected chi connectivity index (χ1v) is 11.8. The van der Waals surface area contributed by atoms with Crippen molar-refractivity contribution < 1.29 is 22.0 Å². The van der Waals surface area contributed by atoms with Crippen LogP contribution in [-0.2, 0) is 27.7 Å². The fourth-order valence-corrected chi connectivity index (χ4v) is 5.65. The van der Waals surface area contributed by atoms with Crippen molar-refractivity contribution in [2.24, 2.45) is 0 Å². The van der Waals surface area contributed by atoms with Crippen LogP contribution in [0.3, 0.4) is 0 Å². The largest absolute Gasteiger partial charge is 0.325 e. The lowest BCUT2D eigenvalue weighted by Crippen LogP contribution is -2.53. The molecule has 2 aromatic carbocycles. The normalized spacial score (nSPS) is 18.5. The Balaban J connectivity index is 1.37. The van der Waals surface area contributed by atoms with Gasteiger partial charge in [-0.3, -0.25) is 9.69 Å². The smallest absolute Gasteiger partial charge is 0.243 e. The molecular weight excluding hydrogens is 424 g/mol. The van der Waals surface area contributed by atoms with Gasteiger partial charge in [0, 0.05) is 37.9 Å². The molecule has 0 saturated carbocycles. The van der Waals surface area contributed by atoms with E-state index in [1.54, 1.807) is 19.1 Å². The number of aryl methyl sites for hydroxylation is 2. The number of piperazine rings is 1. The van der Waals surface area contributed by atoms with Crippen LogP contribution in [0.25, 0.3) is 0 Å². The summed E-state index contributed by atoms with van der Waals surface area (Å²) in [4.78, 5) is 14.7. The molecule has 166 valence electrons. The Hall–Kier alpha value is -2.36. The second kappa shape index (κ2) is 8.64. The lowest BCUT2D eigenvalue weighted by Gasteiger charge is -2.36. The Morgan fingerprint density at radius 2 is 1.68 bits per heavy atom. The molecule has 0 aromatic heterocycles. The molecule has 1 amide bonds. The van der Waals surface area contributed by atoms with Crippen molar-refractivity contribution in [3.63, 3.8) is 0 Å². The van der Waals surface area contributed by atoms with Crippen LogP contribution in [0.4, 0.5) is 14.5 Å². The molecule has 0 spiro atoms. The van der Waals surface area contributed by atoms with Crippen molar-refractivity contribution >= 4 is 21.6 Å². The Labute approximate surface area is 180 Å². The summed E-state index contributed by atoms with van der Waals surface area (Å²) in [6.45, 7) is 3.07. The van der Waals surface area contributed by atoms with Crippen molar-refractivity contribution in [3.8, 4) is 0 Å². The highest BCUT2D eigenvalue weighted by Gasteiger charge is 2.32. The molecule has 0 unspecified atom stereocenters. The predicted octanol–water partition coefficient (Wildman–Crippen LogP) is 2.79. The Morgan fingerprint density at radius 1 is 0.968 bits per heavy atom. The summed E-state index contributed by atoms with van der Waals surface area (Å²) in [5.74, 6) is -2.37. The van der Waals surface area contributed by atoms with Gasteiger partial charge in [0.15, 0.2) is 11.6 Å². The number of nitrogens with one attached hydrogen (secondary N) is 1. The molecule has 9 heteroatoms. The van der Waals surface area contributed by atoms with E-state index in [2.05, 4.69) is 5.32 Å². The molecule has 1 aliphatic carbocycles. The molecule has 6 nitrogen and oxygen atoms in total. The number of carbonyl (C=O) groups excluding carboxylic acids is 1. The van der Waals surface area contributed by atoms with Gasteiger partial charge >= 0.3 is 0 Å². The van der Waals surface area contributed by atoms with Crippen LogP contribution in [-0.4, -0.2) is 55.8 Å². The molecule has 2 aromatic rings. The fourth-order valence-electron chi connectivity index (χ4n) is 4.18. The highest BCUT2D eigenvalue weighted by atomic mass is 32.2. The van der Waals surface area contributed by atoms with Gasteiger partial charge in [-0.25, -0.2) is 17.2 Å². The number of hydrogen-bond donors (Lipinski definition) is 1. The molecule has 2 aliphatic rings. The first kappa shape index (κ1) is 21.9. The minimum absolute atomic E-state index is 0.175. The number of amides is 1. The maximum Gasteiger partial charge on any atom is 0.243 e. The lowest BCUT2D eigenvalue weighted by atomic mass is 10.1.